The fourth-order valence-corrected chi connectivity index (χ4v) is 5.68. The van der Waals surface area contributed by atoms with Crippen molar-refractivity contribution in [2.75, 3.05) is 0 Å². The number of aliphatic hydroxyl groups excluding tert-OH is 1. The van der Waals surface area contributed by atoms with Crippen molar-refractivity contribution in [3.05, 3.63) is 12.2 Å². The zero-order chi connectivity index (χ0) is 30.7. The van der Waals surface area contributed by atoms with E-state index < -0.39 is 5.97 Å². The second-order valence-corrected chi connectivity index (χ2v) is 12.6. The maximum absolute atomic E-state index is 12.5. The number of epoxide rings is 1. The Morgan fingerprint density at radius 1 is 0.714 bits per heavy atom. The normalized spacial score (nSPS) is 17.9. The summed E-state index contributed by atoms with van der Waals surface area (Å²) in [6, 6.07) is 0. The highest BCUT2D eigenvalue weighted by Crippen LogP contribution is 2.32. The van der Waals surface area contributed by atoms with Crippen LogP contribution in [0.1, 0.15) is 181 Å². The van der Waals surface area contributed by atoms with E-state index in [0.717, 1.165) is 109 Å². The molecule has 0 aromatic rings. The van der Waals surface area contributed by atoms with Crippen molar-refractivity contribution in [3.8, 4) is 0 Å². The number of esters is 1. The highest BCUT2D eigenvalue weighted by atomic mass is 16.6. The first-order valence-corrected chi connectivity index (χ1v) is 17.9. The molecule has 0 aromatic carbocycles. The lowest BCUT2D eigenvalue weighted by Crippen LogP contribution is -2.17. The van der Waals surface area contributed by atoms with Gasteiger partial charge in [0.25, 0.3) is 0 Å². The summed E-state index contributed by atoms with van der Waals surface area (Å²) in [7, 11) is 0. The molecule has 2 N–H and O–H groups in total. The lowest BCUT2D eigenvalue weighted by atomic mass is 10.0. The number of carbonyl (C=O) groups is 2. The number of carbonyl (C=O) groups excluding carboxylic acids is 1. The molecule has 1 rings (SSSR count). The largest absolute Gasteiger partial charge is 0.481 e. The molecular formula is C36H66O6. The van der Waals surface area contributed by atoms with Crippen molar-refractivity contribution in [2.45, 2.75) is 205 Å². The van der Waals surface area contributed by atoms with Crippen molar-refractivity contribution in [2.24, 2.45) is 0 Å². The number of rotatable bonds is 31. The number of carboxylic acids is 1. The molecule has 42 heavy (non-hydrogen) atoms. The van der Waals surface area contributed by atoms with Crippen molar-refractivity contribution >= 4 is 11.9 Å². The number of aliphatic hydroxyl groups is 1. The molecule has 0 amide bonds. The molecule has 0 bridgehead atoms. The number of unbranched alkanes of at least 4 members (excludes halogenated alkanes) is 15. The van der Waals surface area contributed by atoms with Gasteiger partial charge in [0, 0.05) is 25.7 Å². The Morgan fingerprint density at radius 2 is 1.31 bits per heavy atom. The predicted octanol–water partition coefficient (Wildman–Crippen LogP) is 9.85. The van der Waals surface area contributed by atoms with Crippen LogP contribution >= 0.6 is 0 Å². The number of allylic oxidation sites excluding steroid dienone is 1. The summed E-state index contributed by atoms with van der Waals surface area (Å²) in [5.41, 5.74) is 0. The molecule has 1 fully saturated rings. The zero-order valence-corrected chi connectivity index (χ0v) is 27.4. The third-order valence-electron chi connectivity index (χ3n) is 8.46. The van der Waals surface area contributed by atoms with Crippen LogP contribution < -0.4 is 0 Å². The first kappa shape index (κ1) is 38.6. The summed E-state index contributed by atoms with van der Waals surface area (Å²) < 4.78 is 11.7. The Morgan fingerprint density at radius 3 is 2.00 bits per heavy atom. The average molecular weight is 595 g/mol. The Hall–Kier alpha value is -1.40. The predicted molar refractivity (Wildman–Crippen MR) is 173 cm³/mol. The van der Waals surface area contributed by atoms with Crippen LogP contribution in [0.4, 0.5) is 0 Å². The topological polar surface area (TPSA) is 96.4 Å². The molecule has 6 nitrogen and oxygen atoms in total. The third kappa shape index (κ3) is 24.1. The SMILES string of the molecule is CCCCCCC(O)CC1OC1CCCCCCCC(=O)OC(C/C=C\CCCCCCCC(=O)O)CCCCCC. The summed E-state index contributed by atoms with van der Waals surface area (Å²) in [5.74, 6) is -0.749. The highest BCUT2D eigenvalue weighted by Gasteiger charge is 2.38. The Labute approximate surface area is 258 Å². The number of aliphatic carboxylic acids is 1. The van der Waals surface area contributed by atoms with Crippen LogP contribution in [0.25, 0.3) is 0 Å². The Balaban J connectivity index is 2.09. The molecule has 0 aliphatic carbocycles. The first-order valence-electron chi connectivity index (χ1n) is 17.9. The number of carboxylic acid groups (broad SMARTS) is 1. The van der Waals surface area contributed by atoms with Gasteiger partial charge in [-0.15, -0.1) is 0 Å². The van der Waals surface area contributed by atoms with Crippen LogP contribution in [0.15, 0.2) is 12.2 Å². The Kier molecular flexibility index (Phi) is 25.0. The summed E-state index contributed by atoms with van der Waals surface area (Å²) in [5, 5.41) is 18.9. The molecule has 0 radical (unpaired) electrons. The zero-order valence-electron chi connectivity index (χ0n) is 27.4. The van der Waals surface area contributed by atoms with Crippen molar-refractivity contribution in [3.63, 3.8) is 0 Å². The van der Waals surface area contributed by atoms with Gasteiger partial charge >= 0.3 is 11.9 Å². The van der Waals surface area contributed by atoms with Crippen LogP contribution in [0, 0.1) is 0 Å². The maximum atomic E-state index is 12.5. The van der Waals surface area contributed by atoms with Gasteiger partial charge in [-0.1, -0.05) is 116 Å². The number of hydrogen-bond donors (Lipinski definition) is 2. The van der Waals surface area contributed by atoms with E-state index in [4.69, 9.17) is 14.6 Å². The van der Waals surface area contributed by atoms with Gasteiger partial charge in [0.15, 0.2) is 0 Å². The first-order chi connectivity index (χ1) is 20.5. The quantitative estimate of drug-likeness (QED) is 0.0359. The molecule has 0 aromatic heterocycles. The van der Waals surface area contributed by atoms with Gasteiger partial charge in [-0.25, -0.2) is 0 Å². The van der Waals surface area contributed by atoms with E-state index in [1.807, 2.05) is 0 Å². The van der Waals surface area contributed by atoms with Gasteiger partial charge in [-0.2, -0.15) is 0 Å². The van der Waals surface area contributed by atoms with E-state index >= 15 is 0 Å². The lowest BCUT2D eigenvalue weighted by Gasteiger charge is -2.16. The fraction of sp³-hybridized carbons (Fsp3) is 0.889. The monoisotopic (exact) mass is 594 g/mol. The standard InChI is InChI=1S/C36H66O6/c1-3-5-7-18-24-31(37)30-34-33(42-34)27-21-15-13-17-23-29-36(40)41-32(25-19-8-6-4-2)26-20-14-11-9-10-12-16-22-28-35(38)39/h14,20,31-34,37H,3-13,15-19,21-30H2,1-2H3,(H,38,39)/b20-14-. The second kappa shape index (κ2) is 27.2. The molecule has 0 spiro atoms. The summed E-state index contributed by atoms with van der Waals surface area (Å²) >= 11 is 0. The van der Waals surface area contributed by atoms with E-state index in [0.29, 0.717) is 12.5 Å². The molecule has 246 valence electrons. The fourth-order valence-electron chi connectivity index (χ4n) is 5.68. The van der Waals surface area contributed by atoms with Crippen LogP contribution in [0.5, 0.6) is 0 Å². The maximum Gasteiger partial charge on any atom is 0.306 e. The van der Waals surface area contributed by atoms with E-state index in [-0.39, 0.29) is 30.7 Å². The van der Waals surface area contributed by atoms with Crippen LogP contribution in [-0.2, 0) is 19.1 Å². The molecule has 6 heteroatoms. The number of hydrogen-bond acceptors (Lipinski definition) is 5. The van der Waals surface area contributed by atoms with E-state index in [9.17, 15) is 14.7 Å². The van der Waals surface area contributed by atoms with Crippen molar-refractivity contribution < 1.29 is 29.3 Å². The smallest absolute Gasteiger partial charge is 0.306 e. The average Bonchev–Trinajstić information content (AvgIpc) is 3.70. The molecular weight excluding hydrogens is 528 g/mol. The van der Waals surface area contributed by atoms with Crippen molar-refractivity contribution in [1.29, 1.82) is 0 Å². The number of ether oxygens (including phenoxy) is 2. The highest BCUT2D eigenvalue weighted by molar-refractivity contribution is 5.69. The van der Waals surface area contributed by atoms with Crippen LogP contribution in [0.3, 0.4) is 0 Å². The summed E-state index contributed by atoms with van der Waals surface area (Å²) in [4.78, 5) is 23.1. The minimum absolute atomic E-state index is 0.0111. The van der Waals surface area contributed by atoms with E-state index in [1.165, 1.54) is 44.9 Å². The minimum Gasteiger partial charge on any atom is -0.481 e. The summed E-state index contributed by atoms with van der Waals surface area (Å²) in [6.07, 6.45) is 31.3. The van der Waals surface area contributed by atoms with Gasteiger partial charge in [-0.3, -0.25) is 9.59 Å². The van der Waals surface area contributed by atoms with E-state index in [1.54, 1.807) is 0 Å². The molecule has 1 saturated heterocycles. The molecule has 0 saturated carbocycles. The van der Waals surface area contributed by atoms with Gasteiger partial charge < -0.3 is 19.7 Å². The summed E-state index contributed by atoms with van der Waals surface area (Å²) in [6.45, 7) is 4.42. The van der Waals surface area contributed by atoms with Crippen molar-refractivity contribution in [1.82, 2.24) is 0 Å². The molecule has 1 aliphatic rings. The van der Waals surface area contributed by atoms with Gasteiger partial charge in [0.1, 0.15) is 6.10 Å². The second-order valence-electron chi connectivity index (χ2n) is 12.6. The van der Waals surface area contributed by atoms with Gasteiger partial charge in [0.05, 0.1) is 18.3 Å². The molecule has 4 atom stereocenters. The van der Waals surface area contributed by atoms with Crippen LogP contribution in [0.2, 0.25) is 0 Å². The minimum atomic E-state index is -0.701. The van der Waals surface area contributed by atoms with Gasteiger partial charge in [0.2, 0.25) is 0 Å². The molecule has 1 heterocycles. The molecule has 4 unspecified atom stereocenters. The third-order valence-corrected chi connectivity index (χ3v) is 8.46. The van der Waals surface area contributed by atoms with Gasteiger partial charge in [-0.05, 0) is 51.4 Å². The lowest BCUT2D eigenvalue weighted by molar-refractivity contribution is -0.149. The Bertz CT molecular complexity index is 678. The van der Waals surface area contributed by atoms with E-state index in [2.05, 4.69) is 26.0 Å². The molecule has 1 aliphatic heterocycles. The van der Waals surface area contributed by atoms with Crippen LogP contribution in [-0.4, -0.2) is 46.6 Å².